The second-order valence-electron chi connectivity index (χ2n) is 4.31. The van der Waals surface area contributed by atoms with E-state index in [2.05, 4.69) is 0 Å². The Morgan fingerprint density at radius 1 is 1.44 bits per heavy atom. The molecule has 0 aliphatic heterocycles. The Morgan fingerprint density at radius 2 is 2.06 bits per heavy atom. The summed E-state index contributed by atoms with van der Waals surface area (Å²) < 4.78 is 0. The summed E-state index contributed by atoms with van der Waals surface area (Å²) in [6.45, 7) is 4.61. The summed E-state index contributed by atoms with van der Waals surface area (Å²) in [5.41, 5.74) is 0.686. The molecule has 1 rings (SSSR count). The van der Waals surface area contributed by atoms with Gasteiger partial charge in [0.2, 0.25) is 5.91 Å². The zero-order valence-electron chi connectivity index (χ0n) is 9.90. The van der Waals surface area contributed by atoms with Crippen LogP contribution in [-0.2, 0) is 9.59 Å². The Labute approximate surface area is 95.9 Å². The molecule has 4 nitrogen and oxygen atoms in total. The number of rotatable bonds is 6. The zero-order chi connectivity index (χ0) is 12.1. The fourth-order valence-corrected chi connectivity index (χ4v) is 1.49. The molecule has 1 saturated carbocycles. The summed E-state index contributed by atoms with van der Waals surface area (Å²) in [4.78, 5) is 24.1. The van der Waals surface area contributed by atoms with Crippen LogP contribution in [0.15, 0.2) is 11.6 Å². The summed E-state index contributed by atoms with van der Waals surface area (Å²) in [5, 5.41) is 8.64. The van der Waals surface area contributed by atoms with Crippen LogP contribution in [0.2, 0.25) is 0 Å². The Kier molecular flexibility index (Phi) is 4.52. The van der Waals surface area contributed by atoms with Gasteiger partial charge in [-0.15, -0.1) is 0 Å². The third kappa shape index (κ3) is 4.04. The molecule has 0 heterocycles. The number of hydrogen-bond donors (Lipinski definition) is 1. The van der Waals surface area contributed by atoms with E-state index >= 15 is 0 Å². The van der Waals surface area contributed by atoms with Gasteiger partial charge in [-0.3, -0.25) is 9.59 Å². The molecule has 1 aliphatic rings. The highest BCUT2D eigenvalue weighted by Crippen LogP contribution is 2.30. The maximum Gasteiger partial charge on any atom is 0.305 e. The predicted octanol–water partition coefficient (Wildman–Crippen LogP) is 1.67. The lowest BCUT2D eigenvalue weighted by Gasteiger charge is -2.22. The van der Waals surface area contributed by atoms with E-state index in [4.69, 9.17) is 5.11 Å². The van der Waals surface area contributed by atoms with Crippen molar-refractivity contribution >= 4 is 11.9 Å². The minimum atomic E-state index is -0.855. The molecule has 0 bridgehead atoms. The molecule has 0 aromatic carbocycles. The first-order valence-corrected chi connectivity index (χ1v) is 5.68. The van der Waals surface area contributed by atoms with Crippen LogP contribution < -0.4 is 0 Å². The smallest absolute Gasteiger partial charge is 0.305 e. The van der Waals surface area contributed by atoms with E-state index in [1.807, 2.05) is 6.92 Å². The van der Waals surface area contributed by atoms with Crippen molar-refractivity contribution < 1.29 is 14.7 Å². The van der Waals surface area contributed by atoms with Gasteiger partial charge in [0.15, 0.2) is 0 Å². The normalized spacial score (nSPS) is 16.0. The monoisotopic (exact) mass is 225 g/mol. The molecule has 0 atom stereocenters. The quantitative estimate of drug-likeness (QED) is 0.699. The first-order valence-electron chi connectivity index (χ1n) is 5.68. The predicted molar refractivity (Wildman–Crippen MR) is 61.0 cm³/mol. The molecule has 0 unspecified atom stereocenters. The third-order valence-electron chi connectivity index (χ3n) is 2.83. The number of carbonyl (C=O) groups is 2. The van der Waals surface area contributed by atoms with Gasteiger partial charge in [0.05, 0.1) is 6.42 Å². The van der Waals surface area contributed by atoms with Crippen molar-refractivity contribution in [1.82, 2.24) is 4.90 Å². The van der Waals surface area contributed by atoms with Crippen LogP contribution >= 0.6 is 0 Å². The Hall–Kier alpha value is -1.32. The van der Waals surface area contributed by atoms with E-state index in [1.54, 1.807) is 17.9 Å². The van der Waals surface area contributed by atoms with Crippen molar-refractivity contribution in [3.63, 3.8) is 0 Å². The van der Waals surface area contributed by atoms with Crippen LogP contribution in [0.3, 0.4) is 0 Å². The zero-order valence-corrected chi connectivity index (χ0v) is 9.90. The lowest BCUT2D eigenvalue weighted by Crippen LogP contribution is -2.35. The van der Waals surface area contributed by atoms with Crippen molar-refractivity contribution in [2.45, 2.75) is 33.1 Å². The van der Waals surface area contributed by atoms with Gasteiger partial charge in [0.1, 0.15) is 0 Å². The van der Waals surface area contributed by atoms with E-state index in [-0.39, 0.29) is 12.3 Å². The summed E-state index contributed by atoms with van der Waals surface area (Å²) in [7, 11) is 0. The highest BCUT2D eigenvalue weighted by molar-refractivity contribution is 5.92. The number of carboxylic acids is 1. The highest BCUT2D eigenvalue weighted by atomic mass is 16.4. The maximum absolute atomic E-state index is 11.9. The standard InChI is InChI=1S/C12H19NO3/c1-3-9(2)12(16)13(7-6-11(14)15)8-10-4-5-10/h3,10H,4-8H2,1-2H3,(H,14,15). The number of carbonyl (C=O) groups excluding carboxylic acids is 1. The average Bonchev–Trinajstić information content (AvgIpc) is 3.05. The third-order valence-corrected chi connectivity index (χ3v) is 2.83. The van der Waals surface area contributed by atoms with Crippen molar-refractivity contribution in [2.24, 2.45) is 5.92 Å². The molecule has 90 valence electrons. The van der Waals surface area contributed by atoms with Crippen molar-refractivity contribution in [3.8, 4) is 0 Å². The summed E-state index contributed by atoms with van der Waals surface area (Å²) in [5.74, 6) is -0.301. The van der Waals surface area contributed by atoms with Crippen LogP contribution in [0.4, 0.5) is 0 Å². The molecule has 0 saturated heterocycles. The van der Waals surface area contributed by atoms with Gasteiger partial charge >= 0.3 is 5.97 Å². The fraction of sp³-hybridized carbons (Fsp3) is 0.667. The molecule has 1 aliphatic carbocycles. The summed E-state index contributed by atoms with van der Waals surface area (Å²) in [6, 6.07) is 0. The molecule has 0 spiro atoms. The van der Waals surface area contributed by atoms with Gasteiger partial charge in [-0.05, 0) is 32.6 Å². The van der Waals surface area contributed by atoms with E-state index in [9.17, 15) is 9.59 Å². The van der Waals surface area contributed by atoms with Gasteiger partial charge < -0.3 is 10.0 Å². The van der Waals surface area contributed by atoms with Crippen LogP contribution in [0.25, 0.3) is 0 Å². The number of hydrogen-bond acceptors (Lipinski definition) is 2. The Balaban J connectivity index is 2.54. The molecule has 1 fully saturated rings. The summed E-state index contributed by atoms with van der Waals surface area (Å²) >= 11 is 0. The number of amides is 1. The molecule has 0 aromatic heterocycles. The van der Waals surface area contributed by atoms with E-state index in [0.29, 0.717) is 24.6 Å². The number of carboxylic acid groups (broad SMARTS) is 1. The first kappa shape index (κ1) is 12.7. The minimum absolute atomic E-state index is 0.0233. The van der Waals surface area contributed by atoms with Crippen molar-refractivity contribution in [3.05, 3.63) is 11.6 Å². The molecular weight excluding hydrogens is 206 g/mol. The average molecular weight is 225 g/mol. The molecule has 16 heavy (non-hydrogen) atoms. The van der Waals surface area contributed by atoms with Gasteiger partial charge in [-0.25, -0.2) is 0 Å². The Bertz CT molecular complexity index is 305. The number of allylic oxidation sites excluding steroid dienone is 1. The summed E-state index contributed by atoms with van der Waals surface area (Å²) in [6.07, 6.45) is 4.11. The van der Waals surface area contributed by atoms with Crippen molar-refractivity contribution in [1.29, 1.82) is 0 Å². The van der Waals surface area contributed by atoms with Gasteiger partial charge in [-0.1, -0.05) is 6.08 Å². The highest BCUT2D eigenvalue weighted by Gasteiger charge is 2.27. The van der Waals surface area contributed by atoms with Crippen LogP contribution in [-0.4, -0.2) is 35.0 Å². The lowest BCUT2D eigenvalue weighted by molar-refractivity contribution is -0.138. The van der Waals surface area contributed by atoms with Crippen molar-refractivity contribution in [2.75, 3.05) is 13.1 Å². The maximum atomic E-state index is 11.9. The van der Waals surface area contributed by atoms with E-state index in [0.717, 1.165) is 12.8 Å². The largest absolute Gasteiger partial charge is 0.481 e. The topological polar surface area (TPSA) is 57.6 Å². The molecule has 0 aromatic rings. The minimum Gasteiger partial charge on any atom is -0.481 e. The van der Waals surface area contributed by atoms with Crippen LogP contribution in [0.5, 0.6) is 0 Å². The van der Waals surface area contributed by atoms with Gasteiger partial charge in [0, 0.05) is 18.7 Å². The lowest BCUT2D eigenvalue weighted by atomic mass is 10.2. The van der Waals surface area contributed by atoms with E-state index in [1.165, 1.54) is 0 Å². The van der Waals surface area contributed by atoms with Gasteiger partial charge in [0.25, 0.3) is 0 Å². The second-order valence-corrected chi connectivity index (χ2v) is 4.31. The number of aliphatic carboxylic acids is 1. The van der Waals surface area contributed by atoms with Crippen LogP contribution in [0.1, 0.15) is 33.1 Å². The number of nitrogens with zero attached hydrogens (tertiary/aromatic N) is 1. The van der Waals surface area contributed by atoms with Gasteiger partial charge in [-0.2, -0.15) is 0 Å². The Morgan fingerprint density at radius 3 is 2.50 bits per heavy atom. The molecule has 4 heteroatoms. The van der Waals surface area contributed by atoms with E-state index < -0.39 is 5.97 Å². The second kappa shape index (κ2) is 5.68. The molecule has 0 radical (unpaired) electrons. The van der Waals surface area contributed by atoms with Crippen LogP contribution in [0, 0.1) is 5.92 Å². The SMILES string of the molecule is CC=C(C)C(=O)N(CCC(=O)O)CC1CC1. The molecular formula is C12H19NO3. The first-order chi connectivity index (χ1) is 7.54. The molecule has 1 amide bonds. The fourth-order valence-electron chi connectivity index (χ4n) is 1.49. The molecule has 1 N–H and O–H groups in total.